The van der Waals surface area contributed by atoms with Crippen LogP contribution in [0.1, 0.15) is 17.3 Å². The van der Waals surface area contributed by atoms with Gasteiger partial charge in [-0.25, -0.2) is 4.98 Å². The molecule has 0 fully saturated rings. The zero-order chi connectivity index (χ0) is 14.7. The van der Waals surface area contributed by atoms with E-state index in [1.807, 2.05) is 12.1 Å². The molecule has 0 aliphatic heterocycles. The molecule has 0 saturated carbocycles. The molecule has 6 nitrogen and oxygen atoms in total. The second kappa shape index (κ2) is 5.83. The lowest BCUT2D eigenvalue weighted by atomic mass is 10.1. The number of aliphatic hydroxyl groups excluding tert-OH is 1. The van der Waals surface area contributed by atoms with Crippen LogP contribution >= 0.6 is 0 Å². The Kier molecular flexibility index (Phi) is 4.14. The summed E-state index contributed by atoms with van der Waals surface area (Å²) >= 11 is 0. The van der Waals surface area contributed by atoms with Gasteiger partial charge >= 0.3 is 0 Å². The molecule has 2 aromatic rings. The molecular weight excluding hydrogens is 256 g/mol. The Morgan fingerprint density at radius 2 is 2.05 bits per heavy atom. The van der Waals surface area contributed by atoms with E-state index in [9.17, 15) is 9.90 Å². The van der Waals surface area contributed by atoms with Crippen LogP contribution in [0, 0.1) is 0 Å². The number of benzene rings is 1. The third kappa shape index (κ3) is 3.21. The summed E-state index contributed by atoms with van der Waals surface area (Å²) in [7, 11) is 3.47. The molecule has 20 heavy (non-hydrogen) atoms. The van der Waals surface area contributed by atoms with Gasteiger partial charge in [-0.05, 0) is 19.1 Å². The summed E-state index contributed by atoms with van der Waals surface area (Å²) in [5.74, 6) is 0.510. The van der Waals surface area contributed by atoms with Crippen molar-refractivity contribution < 1.29 is 9.90 Å². The molecule has 1 amide bonds. The molecule has 1 aromatic carbocycles. The molecule has 0 saturated heterocycles. The largest absolute Gasteiger partial charge is 0.392 e. The van der Waals surface area contributed by atoms with E-state index in [0.29, 0.717) is 17.9 Å². The first-order chi connectivity index (χ1) is 9.47. The minimum atomic E-state index is -0.541. The summed E-state index contributed by atoms with van der Waals surface area (Å²) in [6.45, 7) is 1.96. The van der Waals surface area contributed by atoms with Gasteiger partial charge in [0.05, 0.1) is 6.10 Å². The second-order valence-electron chi connectivity index (χ2n) is 4.85. The van der Waals surface area contributed by atoms with Crippen molar-refractivity contribution >= 4 is 5.91 Å². The Balaban J connectivity index is 2.14. The molecule has 2 rings (SSSR count). The highest BCUT2D eigenvalue weighted by atomic mass is 16.3. The topological polar surface area (TPSA) is 71.2 Å². The third-order valence-electron chi connectivity index (χ3n) is 2.87. The first kappa shape index (κ1) is 14.2. The van der Waals surface area contributed by atoms with E-state index in [0.717, 1.165) is 5.56 Å². The van der Waals surface area contributed by atoms with Gasteiger partial charge in [-0.3, -0.25) is 9.48 Å². The zero-order valence-corrected chi connectivity index (χ0v) is 11.8. The molecule has 1 aromatic heterocycles. The van der Waals surface area contributed by atoms with Gasteiger partial charge in [-0.2, -0.15) is 5.10 Å². The quantitative estimate of drug-likeness (QED) is 0.900. The second-order valence-corrected chi connectivity index (χ2v) is 4.85. The molecule has 106 valence electrons. The van der Waals surface area contributed by atoms with Crippen molar-refractivity contribution in [2.75, 3.05) is 13.6 Å². The molecule has 6 heteroatoms. The Hall–Kier alpha value is -2.21. The fraction of sp³-hybridized carbons (Fsp3) is 0.357. The molecule has 0 aliphatic rings. The summed E-state index contributed by atoms with van der Waals surface area (Å²) in [5.41, 5.74) is 1.44. The lowest BCUT2D eigenvalue weighted by molar-refractivity contribution is 0.0703. The van der Waals surface area contributed by atoms with Gasteiger partial charge in [-0.15, -0.1) is 0 Å². The number of hydrogen-bond acceptors (Lipinski definition) is 4. The van der Waals surface area contributed by atoms with Crippen LogP contribution in [-0.2, 0) is 7.05 Å². The molecule has 1 atom stereocenters. The van der Waals surface area contributed by atoms with Crippen LogP contribution < -0.4 is 0 Å². The minimum absolute atomic E-state index is 0.119. The van der Waals surface area contributed by atoms with Crippen molar-refractivity contribution in [3.63, 3.8) is 0 Å². The average molecular weight is 274 g/mol. The maximum Gasteiger partial charge on any atom is 0.253 e. The molecule has 0 aliphatic carbocycles. The van der Waals surface area contributed by atoms with Gasteiger partial charge in [0.25, 0.3) is 5.91 Å². The predicted octanol–water partition coefficient (Wildman–Crippen LogP) is 0.935. The SMILES string of the molecule is CC(O)CN(C)C(=O)c1ccc(-c2ncn(C)n2)cc1. The minimum Gasteiger partial charge on any atom is -0.392 e. The Labute approximate surface area is 117 Å². The number of nitrogens with zero attached hydrogens (tertiary/aromatic N) is 4. The molecule has 1 unspecified atom stereocenters. The molecular formula is C14H18N4O2. The third-order valence-corrected chi connectivity index (χ3v) is 2.87. The van der Waals surface area contributed by atoms with Crippen molar-refractivity contribution in [3.8, 4) is 11.4 Å². The molecule has 1 N–H and O–H groups in total. The summed E-state index contributed by atoms with van der Waals surface area (Å²) in [6.07, 6.45) is 1.09. The Bertz CT molecular complexity index is 589. The van der Waals surface area contributed by atoms with Crippen LogP contribution in [0.3, 0.4) is 0 Å². The predicted molar refractivity (Wildman–Crippen MR) is 75.1 cm³/mol. The molecule has 0 bridgehead atoms. The van der Waals surface area contributed by atoms with Crippen molar-refractivity contribution in [2.24, 2.45) is 7.05 Å². The summed E-state index contributed by atoms with van der Waals surface area (Å²) in [5, 5.41) is 13.5. The number of aryl methyl sites for hydroxylation is 1. The highest BCUT2D eigenvalue weighted by molar-refractivity contribution is 5.94. The van der Waals surface area contributed by atoms with Gasteiger partial charge in [0, 0.05) is 31.8 Å². The van der Waals surface area contributed by atoms with Gasteiger partial charge in [0.2, 0.25) is 0 Å². The van der Waals surface area contributed by atoms with Crippen molar-refractivity contribution in [1.82, 2.24) is 19.7 Å². The Morgan fingerprint density at radius 3 is 2.55 bits per heavy atom. The monoisotopic (exact) mass is 274 g/mol. The van der Waals surface area contributed by atoms with Crippen molar-refractivity contribution in [2.45, 2.75) is 13.0 Å². The van der Waals surface area contributed by atoms with E-state index in [4.69, 9.17) is 0 Å². The van der Waals surface area contributed by atoms with Crippen LogP contribution in [0.25, 0.3) is 11.4 Å². The number of carbonyl (C=O) groups is 1. The number of hydrogen-bond donors (Lipinski definition) is 1. The van der Waals surface area contributed by atoms with Gasteiger partial charge in [-0.1, -0.05) is 12.1 Å². The first-order valence-corrected chi connectivity index (χ1v) is 6.37. The normalized spacial score (nSPS) is 12.2. The first-order valence-electron chi connectivity index (χ1n) is 6.37. The van der Waals surface area contributed by atoms with Gasteiger partial charge in [0.15, 0.2) is 5.82 Å². The standard InChI is InChI=1S/C14H18N4O2/c1-10(19)8-17(2)14(20)12-6-4-11(5-7-12)13-15-9-18(3)16-13/h4-7,9-10,19H,8H2,1-3H3. The van der Waals surface area contributed by atoms with E-state index in [2.05, 4.69) is 10.1 Å². The summed E-state index contributed by atoms with van der Waals surface area (Å²) in [4.78, 5) is 17.8. The lowest BCUT2D eigenvalue weighted by Crippen LogP contribution is -2.32. The van der Waals surface area contributed by atoms with Crippen LogP contribution in [0.2, 0.25) is 0 Å². The van der Waals surface area contributed by atoms with E-state index in [-0.39, 0.29) is 5.91 Å². The number of amides is 1. The molecule has 1 heterocycles. The maximum atomic E-state index is 12.1. The highest BCUT2D eigenvalue weighted by Gasteiger charge is 2.13. The number of carbonyl (C=O) groups excluding carboxylic acids is 1. The molecule has 0 spiro atoms. The number of likely N-dealkylation sites (N-methyl/N-ethyl adjacent to an activating group) is 1. The zero-order valence-electron chi connectivity index (χ0n) is 11.8. The van der Waals surface area contributed by atoms with E-state index in [1.54, 1.807) is 44.2 Å². The smallest absolute Gasteiger partial charge is 0.253 e. The summed E-state index contributed by atoms with van der Waals surface area (Å²) in [6, 6.07) is 7.12. The Morgan fingerprint density at radius 1 is 1.40 bits per heavy atom. The van der Waals surface area contributed by atoms with Crippen LogP contribution in [0.5, 0.6) is 0 Å². The number of aliphatic hydroxyl groups is 1. The number of aromatic nitrogens is 3. The fourth-order valence-corrected chi connectivity index (χ4v) is 1.93. The maximum absolute atomic E-state index is 12.1. The van der Waals surface area contributed by atoms with Crippen LogP contribution in [-0.4, -0.2) is 50.4 Å². The van der Waals surface area contributed by atoms with Crippen LogP contribution in [0.15, 0.2) is 30.6 Å². The van der Waals surface area contributed by atoms with Crippen LogP contribution in [0.4, 0.5) is 0 Å². The van der Waals surface area contributed by atoms with Gasteiger partial charge < -0.3 is 10.0 Å². The highest BCUT2D eigenvalue weighted by Crippen LogP contribution is 2.15. The molecule has 0 radical (unpaired) electrons. The van der Waals surface area contributed by atoms with E-state index >= 15 is 0 Å². The lowest BCUT2D eigenvalue weighted by Gasteiger charge is -2.18. The van der Waals surface area contributed by atoms with Crippen molar-refractivity contribution in [3.05, 3.63) is 36.2 Å². The average Bonchev–Trinajstić information content (AvgIpc) is 2.84. The van der Waals surface area contributed by atoms with E-state index in [1.165, 1.54) is 4.90 Å². The van der Waals surface area contributed by atoms with E-state index < -0.39 is 6.10 Å². The van der Waals surface area contributed by atoms with Crippen molar-refractivity contribution in [1.29, 1.82) is 0 Å². The number of rotatable bonds is 4. The summed E-state index contributed by atoms with van der Waals surface area (Å²) < 4.78 is 1.63. The van der Waals surface area contributed by atoms with Gasteiger partial charge in [0.1, 0.15) is 6.33 Å². The fourth-order valence-electron chi connectivity index (χ4n) is 1.93.